The number of H-pyrrole nitrogens is 1. The number of aromatic nitrogens is 2. The van der Waals surface area contributed by atoms with Crippen molar-refractivity contribution in [3.8, 4) is 0 Å². The quantitative estimate of drug-likeness (QED) is 0.866. The number of aryl methyl sites for hydroxylation is 1. The van der Waals surface area contributed by atoms with E-state index in [1.165, 1.54) is 0 Å². The Morgan fingerprint density at radius 3 is 2.33 bits per heavy atom. The lowest BCUT2D eigenvalue weighted by Crippen LogP contribution is -2.43. The van der Waals surface area contributed by atoms with E-state index in [1.54, 1.807) is 11.2 Å². The van der Waals surface area contributed by atoms with Gasteiger partial charge in [-0.25, -0.2) is 8.42 Å². The molecule has 0 saturated carbocycles. The maximum Gasteiger partial charge on any atom is 0.246 e. The highest BCUT2D eigenvalue weighted by molar-refractivity contribution is 7.89. The van der Waals surface area contributed by atoms with Gasteiger partial charge in [-0.15, -0.1) is 0 Å². The number of rotatable bonds is 5. The summed E-state index contributed by atoms with van der Waals surface area (Å²) in [5.41, 5.74) is 6.90. The normalized spacial score (nSPS) is 19.8. The zero-order valence-electron chi connectivity index (χ0n) is 13.1. The number of hydrogen-bond donors (Lipinski definition) is 2. The van der Waals surface area contributed by atoms with Crippen LogP contribution in [0, 0.1) is 12.3 Å². The van der Waals surface area contributed by atoms with E-state index >= 15 is 0 Å². The molecular weight excluding hydrogens is 288 g/mol. The fourth-order valence-electron chi connectivity index (χ4n) is 3.24. The first-order valence-corrected chi connectivity index (χ1v) is 9.08. The van der Waals surface area contributed by atoms with Crippen LogP contribution >= 0.6 is 0 Å². The van der Waals surface area contributed by atoms with Gasteiger partial charge in [0.25, 0.3) is 0 Å². The van der Waals surface area contributed by atoms with E-state index in [0.717, 1.165) is 25.7 Å². The van der Waals surface area contributed by atoms with Gasteiger partial charge in [0.2, 0.25) is 10.0 Å². The highest BCUT2D eigenvalue weighted by Gasteiger charge is 2.38. The number of piperidine rings is 1. The largest absolute Gasteiger partial charge is 0.325 e. The van der Waals surface area contributed by atoms with Gasteiger partial charge in [0, 0.05) is 19.6 Å². The van der Waals surface area contributed by atoms with Crippen LogP contribution < -0.4 is 5.73 Å². The standard InChI is InChI=1S/C14H26N4O2S/c1-4-14(5-2)6-8-18(9-7-14)21(19,20)13-11(3)16-17-12(13)10-15/h4-10,15H2,1-3H3,(H,16,17). The Morgan fingerprint density at radius 2 is 1.86 bits per heavy atom. The van der Waals surface area contributed by atoms with E-state index in [0.29, 0.717) is 29.9 Å². The molecule has 120 valence electrons. The molecule has 0 amide bonds. The third kappa shape index (κ3) is 2.86. The van der Waals surface area contributed by atoms with Crippen molar-refractivity contribution in [2.24, 2.45) is 11.1 Å². The van der Waals surface area contributed by atoms with Crippen LogP contribution in [-0.2, 0) is 16.6 Å². The van der Waals surface area contributed by atoms with Crippen molar-refractivity contribution in [2.75, 3.05) is 13.1 Å². The second-order valence-electron chi connectivity index (χ2n) is 5.94. The Kier molecular flexibility index (Phi) is 4.75. The van der Waals surface area contributed by atoms with Gasteiger partial charge in [-0.1, -0.05) is 26.7 Å². The van der Waals surface area contributed by atoms with Crippen LogP contribution in [0.2, 0.25) is 0 Å². The fourth-order valence-corrected chi connectivity index (χ4v) is 5.02. The molecular formula is C14H26N4O2S. The lowest BCUT2D eigenvalue weighted by molar-refractivity contribution is 0.141. The highest BCUT2D eigenvalue weighted by Crippen LogP contribution is 2.39. The molecule has 7 heteroatoms. The molecule has 0 aromatic carbocycles. The molecule has 1 aromatic heterocycles. The molecule has 0 aliphatic carbocycles. The minimum Gasteiger partial charge on any atom is -0.325 e. The maximum atomic E-state index is 12.8. The van der Waals surface area contributed by atoms with Crippen LogP contribution in [0.25, 0.3) is 0 Å². The van der Waals surface area contributed by atoms with Crippen molar-refractivity contribution in [2.45, 2.75) is 57.9 Å². The third-order valence-corrected chi connectivity index (χ3v) is 7.14. The molecule has 0 unspecified atom stereocenters. The molecule has 6 nitrogen and oxygen atoms in total. The number of nitrogens with one attached hydrogen (secondary N) is 1. The molecule has 1 aliphatic rings. The first-order chi connectivity index (χ1) is 9.90. The minimum absolute atomic E-state index is 0.126. The molecule has 0 radical (unpaired) electrons. The highest BCUT2D eigenvalue weighted by atomic mass is 32.2. The van der Waals surface area contributed by atoms with Crippen LogP contribution in [0.5, 0.6) is 0 Å². The Morgan fingerprint density at radius 1 is 1.29 bits per heavy atom. The number of aromatic amines is 1. The number of hydrogen-bond acceptors (Lipinski definition) is 4. The number of sulfonamides is 1. The van der Waals surface area contributed by atoms with E-state index < -0.39 is 10.0 Å². The molecule has 3 N–H and O–H groups in total. The molecule has 2 rings (SSSR count). The van der Waals surface area contributed by atoms with Crippen molar-refractivity contribution in [1.82, 2.24) is 14.5 Å². The van der Waals surface area contributed by atoms with Crippen molar-refractivity contribution in [3.63, 3.8) is 0 Å². The predicted octanol–water partition coefficient (Wildman–Crippen LogP) is 1.77. The van der Waals surface area contributed by atoms with Gasteiger partial charge in [0.05, 0.1) is 11.4 Å². The monoisotopic (exact) mass is 314 g/mol. The average Bonchev–Trinajstić information content (AvgIpc) is 2.89. The van der Waals surface area contributed by atoms with Gasteiger partial charge in [-0.2, -0.15) is 9.40 Å². The smallest absolute Gasteiger partial charge is 0.246 e. The molecule has 1 fully saturated rings. The lowest BCUT2D eigenvalue weighted by atomic mass is 9.75. The van der Waals surface area contributed by atoms with E-state index in [4.69, 9.17) is 5.73 Å². The van der Waals surface area contributed by atoms with Crippen molar-refractivity contribution in [1.29, 1.82) is 0 Å². The molecule has 2 heterocycles. The van der Waals surface area contributed by atoms with Gasteiger partial charge in [0.1, 0.15) is 4.90 Å². The molecule has 0 atom stereocenters. The first kappa shape index (κ1) is 16.5. The fraction of sp³-hybridized carbons (Fsp3) is 0.786. The summed E-state index contributed by atoms with van der Waals surface area (Å²) in [7, 11) is -3.50. The van der Waals surface area contributed by atoms with E-state index in [-0.39, 0.29) is 11.4 Å². The summed E-state index contributed by atoms with van der Waals surface area (Å²) in [5, 5.41) is 6.74. The Balaban J connectivity index is 2.25. The summed E-state index contributed by atoms with van der Waals surface area (Å²) in [6, 6.07) is 0. The van der Waals surface area contributed by atoms with Crippen LogP contribution in [-0.4, -0.2) is 36.0 Å². The Bertz CT molecular complexity index is 580. The number of nitrogens with zero attached hydrogens (tertiary/aromatic N) is 2. The molecule has 1 saturated heterocycles. The average molecular weight is 314 g/mol. The van der Waals surface area contributed by atoms with E-state index in [9.17, 15) is 8.42 Å². The van der Waals surface area contributed by atoms with Crippen molar-refractivity contribution >= 4 is 10.0 Å². The van der Waals surface area contributed by atoms with Crippen LogP contribution in [0.1, 0.15) is 50.9 Å². The van der Waals surface area contributed by atoms with Crippen LogP contribution in [0.3, 0.4) is 0 Å². The maximum absolute atomic E-state index is 12.8. The molecule has 0 bridgehead atoms. The minimum atomic E-state index is -3.50. The Hall–Kier alpha value is -0.920. The molecule has 0 spiro atoms. The van der Waals surface area contributed by atoms with Crippen molar-refractivity contribution < 1.29 is 8.42 Å². The van der Waals surface area contributed by atoms with Gasteiger partial charge in [-0.3, -0.25) is 5.10 Å². The first-order valence-electron chi connectivity index (χ1n) is 7.64. The summed E-state index contributed by atoms with van der Waals surface area (Å²) in [6.07, 6.45) is 4.06. The third-order valence-electron chi connectivity index (χ3n) is 5.04. The number of nitrogens with two attached hydrogens (primary N) is 1. The predicted molar refractivity (Wildman–Crippen MR) is 82.2 cm³/mol. The summed E-state index contributed by atoms with van der Waals surface area (Å²) in [6.45, 7) is 7.41. The second-order valence-corrected chi connectivity index (χ2v) is 7.81. The van der Waals surface area contributed by atoms with E-state index in [2.05, 4.69) is 24.0 Å². The molecule has 21 heavy (non-hydrogen) atoms. The zero-order valence-corrected chi connectivity index (χ0v) is 14.0. The van der Waals surface area contributed by atoms with Gasteiger partial charge in [-0.05, 0) is 25.2 Å². The Labute approximate surface area is 127 Å². The van der Waals surface area contributed by atoms with Gasteiger partial charge < -0.3 is 5.73 Å². The lowest BCUT2D eigenvalue weighted by Gasteiger charge is -2.40. The summed E-state index contributed by atoms with van der Waals surface area (Å²) in [5.74, 6) is 0. The molecule has 1 aliphatic heterocycles. The van der Waals surface area contributed by atoms with E-state index in [1.807, 2.05) is 0 Å². The zero-order chi connectivity index (χ0) is 15.7. The summed E-state index contributed by atoms with van der Waals surface area (Å²) < 4.78 is 27.3. The van der Waals surface area contributed by atoms with Crippen LogP contribution in [0.15, 0.2) is 4.90 Å². The second kappa shape index (κ2) is 6.06. The molecule has 1 aromatic rings. The topological polar surface area (TPSA) is 92.1 Å². The SMILES string of the molecule is CCC1(CC)CCN(S(=O)(=O)c2c(CN)n[nH]c2C)CC1. The summed E-state index contributed by atoms with van der Waals surface area (Å²) in [4.78, 5) is 0.269. The summed E-state index contributed by atoms with van der Waals surface area (Å²) >= 11 is 0. The van der Waals surface area contributed by atoms with Gasteiger partial charge >= 0.3 is 0 Å². The van der Waals surface area contributed by atoms with Gasteiger partial charge in [0.15, 0.2) is 0 Å². The van der Waals surface area contributed by atoms with Crippen LogP contribution in [0.4, 0.5) is 0 Å². The van der Waals surface area contributed by atoms with Crippen molar-refractivity contribution in [3.05, 3.63) is 11.4 Å².